The van der Waals surface area contributed by atoms with Gasteiger partial charge in [-0.3, -0.25) is 4.79 Å². The minimum atomic E-state index is -0.101. The zero-order chi connectivity index (χ0) is 13.4. The van der Waals surface area contributed by atoms with E-state index in [1.807, 2.05) is 6.07 Å². The van der Waals surface area contributed by atoms with Gasteiger partial charge in [0.25, 0.3) is 5.91 Å². The van der Waals surface area contributed by atoms with Gasteiger partial charge >= 0.3 is 0 Å². The van der Waals surface area contributed by atoms with Crippen molar-refractivity contribution >= 4 is 40.1 Å². The van der Waals surface area contributed by atoms with Gasteiger partial charge in [0.2, 0.25) is 0 Å². The Balaban J connectivity index is 2.34. The van der Waals surface area contributed by atoms with E-state index in [4.69, 9.17) is 16.3 Å². The number of carbonyl (C=O) groups is 1. The maximum Gasteiger partial charge on any atom is 0.252 e. The van der Waals surface area contributed by atoms with Gasteiger partial charge in [0.05, 0.1) is 12.2 Å². The molecule has 1 aromatic carbocycles. The van der Waals surface area contributed by atoms with Crippen LogP contribution < -0.4 is 10.6 Å². The Hall–Kier alpha value is -0.370. The molecule has 0 unspecified atom stereocenters. The monoisotopic (exact) mass is 382 g/mol. The molecule has 0 fully saturated rings. The summed E-state index contributed by atoms with van der Waals surface area (Å²) in [5.74, 6) is -0.101. The second kappa shape index (κ2) is 8.68. The molecule has 0 spiro atoms. The van der Waals surface area contributed by atoms with Crippen molar-refractivity contribution in [2.45, 2.75) is 0 Å². The highest BCUT2D eigenvalue weighted by molar-refractivity contribution is 14.1. The number of carbonyl (C=O) groups excluding carboxylic acids is 1. The highest BCUT2D eigenvalue weighted by Gasteiger charge is 2.09. The number of hydrogen-bond donors (Lipinski definition) is 2. The number of hydrogen-bond acceptors (Lipinski definition) is 3. The van der Waals surface area contributed by atoms with Crippen molar-refractivity contribution in [1.29, 1.82) is 0 Å². The minimum absolute atomic E-state index is 0.101. The largest absolute Gasteiger partial charge is 0.383 e. The summed E-state index contributed by atoms with van der Waals surface area (Å²) in [6, 6.07) is 5.28. The Morgan fingerprint density at radius 3 is 2.89 bits per heavy atom. The van der Waals surface area contributed by atoms with E-state index >= 15 is 0 Å². The first-order valence-corrected chi connectivity index (χ1v) is 7.03. The topological polar surface area (TPSA) is 50.4 Å². The van der Waals surface area contributed by atoms with E-state index in [9.17, 15) is 4.79 Å². The lowest BCUT2D eigenvalue weighted by Gasteiger charge is -2.08. The number of rotatable bonds is 7. The van der Waals surface area contributed by atoms with Gasteiger partial charge < -0.3 is 15.4 Å². The van der Waals surface area contributed by atoms with Crippen molar-refractivity contribution in [3.8, 4) is 0 Å². The molecule has 18 heavy (non-hydrogen) atoms. The van der Waals surface area contributed by atoms with E-state index in [0.717, 1.165) is 10.1 Å². The summed E-state index contributed by atoms with van der Waals surface area (Å²) in [4.78, 5) is 11.9. The third-order valence-corrected chi connectivity index (χ3v) is 3.42. The van der Waals surface area contributed by atoms with E-state index in [1.54, 1.807) is 19.2 Å². The van der Waals surface area contributed by atoms with Gasteiger partial charge in [-0.1, -0.05) is 11.6 Å². The molecule has 0 aliphatic carbocycles. The molecular weight excluding hydrogens is 367 g/mol. The first-order chi connectivity index (χ1) is 8.65. The number of nitrogens with one attached hydrogen (secondary N) is 2. The Morgan fingerprint density at radius 2 is 2.17 bits per heavy atom. The molecule has 1 amide bonds. The van der Waals surface area contributed by atoms with Crippen LogP contribution >= 0.6 is 34.2 Å². The van der Waals surface area contributed by atoms with Crippen molar-refractivity contribution in [1.82, 2.24) is 10.6 Å². The van der Waals surface area contributed by atoms with Crippen molar-refractivity contribution in [2.75, 3.05) is 33.4 Å². The van der Waals surface area contributed by atoms with Crippen molar-refractivity contribution in [3.63, 3.8) is 0 Å². The van der Waals surface area contributed by atoms with Crippen LogP contribution in [0.1, 0.15) is 10.4 Å². The van der Waals surface area contributed by atoms with Crippen LogP contribution in [0.2, 0.25) is 5.02 Å². The predicted molar refractivity (Wildman–Crippen MR) is 81.2 cm³/mol. The van der Waals surface area contributed by atoms with Crippen molar-refractivity contribution in [2.24, 2.45) is 0 Å². The molecule has 0 aliphatic heterocycles. The predicted octanol–water partition coefficient (Wildman–Crippen LogP) is 1.91. The molecule has 0 aliphatic rings. The van der Waals surface area contributed by atoms with Crippen molar-refractivity contribution < 1.29 is 9.53 Å². The lowest BCUT2D eigenvalue weighted by molar-refractivity contribution is 0.0953. The van der Waals surface area contributed by atoms with E-state index in [-0.39, 0.29) is 5.91 Å². The lowest BCUT2D eigenvalue weighted by atomic mass is 10.2. The van der Waals surface area contributed by atoms with E-state index in [0.29, 0.717) is 30.3 Å². The molecule has 0 radical (unpaired) electrons. The smallest absolute Gasteiger partial charge is 0.252 e. The normalized spacial score (nSPS) is 10.4. The molecule has 0 atom stereocenters. The summed E-state index contributed by atoms with van der Waals surface area (Å²) in [6.45, 7) is 2.73. The van der Waals surface area contributed by atoms with Crippen LogP contribution in [0.15, 0.2) is 18.2 Å². The molecule has 0 aromatic heterocycles. The first-order valence-electron chi connectivity index (χ1n) is 5.58. The second-order valence-corrected chi connectivity index (χ2v) is 5.22. The summed E-state index contributed by atoms with van der Waals surface area (Å²) in [5.41, 5.74) is 0.611. The fraction of sp³-hybridized carbons (Fsp3) is 0.417. The molecule has 1 rings (SSSR count). The number of methoxy groups -OCH3 is 1. The van der Waals surface area contributed by atoms with E-state index in [1.165, 1.54) is 0 Å². The van der Waals surface area contributed by atoms with Gasteiger partial charge in [0.1, 0.15) is 0 Å². The van der Waals surface area contributed by atoms with Crippen LogP contribution in [0.25, 0.3) is 0 Å². The van der Waals surface area contributed by atoms with Crippen LogP contribution in [0, 0.1) is 3.57 Å². The standard InChI is InChI=1S/C12H16ClIN2O2/c1-18-7-6-15-4-5-16-12(17)10-8-9(13)2-3-11(10)14/h2-3,8,15H,4-7H2,1H3,(H,16,17). The molecule has 4 nitrogen and oxygen atoms in total. The summed E-state index contributed by atoms with van der Waals surface area (Å²) in [7, 11) is 1.66. The van der Waals surface area contributed by atoms with Crippen LogP contribution in [-0.4, -0.2) is 39.3 Å². The zero-order valence-corrected chi connectivity index (χ0v) is 13.0. The van der Waals surface area contributed by atoms with Crippen molar-refractivity contribution in [3.05, 3.63) is 32.4 Å². The summed E-state index contributed by atoms with van der Waals surface area (Å²) < 4.78 is 5.79. The van der Waals surface area contributed by atoms with Crippen LogP contribution in [0.3, 0.4) is 0 Å². The third-order valence-electron chi connectivity index (χ3n) is 2.24. The Kier molecular flexibility index (Phi) is 7.57. The number of ether oxygens (including phenoxy) is 1. The molecule has 0 heterocycles. The molecule has 100 valence electrons. The van der Waals surface area contributed by atoms with E-state index < -0.39 is 0 Å². The fourth-order valence-electron chi connectivity index (χ4n) is 1.33. The highest BCUT2D eigenvalue weighted by Crippen LogP contribution is 2.17. The average Bonchev–Trinajstić information content (AvgIpc) is 2.36. The summed E-state index contributed by atoms with van der Waals surface area (Å²) in [5, 5.41) is 6.56. The quantitative estimate of drug-likeness (QED) is 0.559. The fourth-order valence-corrected chi connectivity index (χ4v) is 2.08. The number of benzene rings is 1. The number of amides is 1. The Bertz CT molecular complexity index is 402. The molecular formula is C12H16ClIN2O2. The highest BCUT2D eigenvalue weighted by atomic mass is 127. The van der Waals surface area contributed by atoms with Gasteiger partial charge in [-0.25, -0.2) is 0 Å². The lowest BCUT2D eigenvalue weighted by Crippen LogP contribution is -2.33. The maximum absolute atomic E-state index is 11.9. The van der Waals surface area contributed by atoms with Gasteiger partial charge in [0, 0.05) is 35.3 Å². The average molecular weight is 383 g/mol. The van der Waals surface area contributed by atoms with Gasteiger partial charge in [-0.15, -0.1) is 0 Å². The molecule has 2 N–H and O–H groups in total. The van der Waals surface area contributed by atoms with E-state index in [2.05, 4.69) is 33.2 Å². The maximum atomic E-state index is 11.9. The van der Waals surface area contributed by atoms with Gasteiger partial charge in [-0.2, -0.15) is 0 Å². The SMILES string of the molecule is COCCNCCNC(=O)c1cc(Cl)ccc1I. The van der Waals surface area contributed by atoms with Gasteiger partial charge in [-0.05, 0) is 40.8 Å². The van der Waals surface area contributed by atoms with Crippen LogP contribution in [0.5, 0.6) is 0 Å². The summed E-state index contributed by atoms with van der Waals surface area (Å²) in [6.07, 6.45) is 0. The molecule has 1 aromatic rings. The zero-order valence-electron chi connectivity index (χ0n) is 10.1. The summed E-state index contributed by atoms with van der Waals surface area (Å²) >= 11 is 7.99. The molecule has 0 saturated carbocycles. The van der Waals surface area contributed by atoms with Crippen LogP contribution in [0.4, 0.5) is 0 Å². The molecule has 0 saturated heterocycles. The Morgan fingerprint density at radius 1 is 1.39 bits per heavy atom. The minimum Gasteiger partial charge on any atom is -0.383 e. The van der Waals surface area contributed by atoms with Gasteiger partial charge in [0.15, 0.2) is 0 Å². The Labute approximate surface area is 126 Å². The third kappa shape index (κ3) is 5.51. The second-order valence-electron chi connectivity index (χ2n) is 3.62. The number of halogens is 2. The first kappa shape index (κ1) is 15.7. The molecule has 6 heteroatoms. The molecule has 0 bridgehead atoms. The van der Waals surface area contributed by atoms with Crippen LogP contribution in [-0.2, 0) is 4.74 Å².